The Kier molecular flexibility index (Phi) is 10.7. The fourth-order valence-electron chi connectivity index (χ4n) is 4.20. The topological polar surface area (TPSA) is 148 Å². The number of aromatic nitrogens is 1. The Labute approximate surface area is 239 Å². The number of hydrogen-bond acceptors (Lipinski definition) is 7. The molecule has 0 aliphatic rings. The highest BCUT2D eigenvalue weighted by atomic mass is 16.6. The van der Waals surface area contributed by atoms with Gasteiger partial charge in [-0.1, -0.05) is 30.3 Å². The van der Waals surface area contributed by atoms with E-state index in [1.165, 1.54) is 7.11 Å². The molecule has 1 heterocycles. The van der Waals surface area contributed by atoms with Crippen LogP contribution in [0.3, 0.4) is 0 Å². The van der Waals surface area contributed by atoms with Gasteiger partial charge in [0.25, 0.3) is 0 Å². The minimum Gasteiger partial charge on any atom is -0.497 e. The molecule has 0 spiro atoms. The van der Waals surface area contributed by atoms with Gasteiger partial charge in [-0.05, 0) is 50.1 Å². The van der Waals surface area contributed by atoms with E-state index in [4.69, 9.17) is 14.2 Å². The predicted octanol–water partition coefficient (Wildman–Crippen LogP) is 3.02. The lowest BCUT2D eigenvalue weighted by Crippen LogP contribution is -2.50. The smallest absolute Gasteiger partial charge is 0.408 e. The average molecular weight is 567 g/mol. The summed E-state index contributed by atoms with van der Waals surface area (Å²) < 4.78 is 15.4. The largest absolute Gasteiger partial charge is 0.497 e. The van der Waals surface area contributed by atoms with Crippen LogP contribution in [-0.2, 0) is 36.7 Å². The molecule has 11 nitrogen and oxygen atoms in total. The van der Waals surface area contributed by atoms with Crippen LogP contribution in [0.4, 0.5) is 4.79 Å². The Morgan fingerprint density at radius 3 is 2.27 bits per heavy atom. The Hall–Kier alpha value is -4.54. The third-order valence-electron chi connectivity index (χ3n) is 6.18. The lowest BCUT2D eigenvalue weighted by molar-refractivity contribution is -0.145. The summed E-state index contributed by atoms with van der Waals surface area (Å²) in [6.45, 7) is 5.17. The van der Waals surface area contributed by atoms with Crippen molar-refractivity contribution in [2.24, 2.45) is 0 Å². The number of H-pyrrole nitrogens is 1. The van der Waals surface area contributed by atoms with Crippen molar-refractivity contribution >= 4 is 34.8 Å². The van der Waals surface area contributed by atoms with Gasteiger partial charge in [-0.25, -0.2) is 9.59 Å². The van der Waals surface area contributed by atoms with Gasteiger partial charge in [0, 0.05) is 42.9 Å². The molecule has 0 saturated carbocycles. The Morgan fingerprint density at radius 2 is 1.61 bits per heavy atom. The zero-order valence-electron chi connectivity index (χ0n) is 24.0. The lowest BCUT2D eigenvalue weighted by atomic mass is 10.0. The first-order valence-corrected chi connectivity index (χ1v) is 13.3. The SMILES string of the molecule is COC(=O)[C@H](Cc1c[nH]c2ccccc12)NC(=O)CCNC(=O)[C@H](Cc1ccc(OC)cc1)NC(=O)OC(C)(C)C. The van der Waals surface area contributed by atoms with E-state index in [0.29, 0.717) is 5.75 Å². The van der Waals surface area contributed by atoms with Crippen molar-refractivity contribution in [1.29, 1.82) is 0 Å². The highest BCUT2D eigenvalue weighted by molar-refractivity contribution is 5.88. The van der Waals surface area contributed by atoms with E-state index in [0.717, 1.165) is 22.0 Å². The maximum Gasteiger partial charge on any atom is 0.408 e. The Balaban J connectivity index is 1.59. The molecule has 0 saturated heterocycles. The normalized spacial score (nSPS) is 12.6. The molecule has 0 radical (unpaired) electrons. The minimum atomic E-state index is -0.953. The van der Waals surface area contributed by atoms with Gasteiger partial charge in [-0.15, -0.1) is 0 Å². The number of hydrogen-bond donors (Lipinski definition) is 4. The highest BCUT2D eigenvalue weighted by Crippen LogP contribution is 2.19. The third-order valence-corrected chi connectivity index (χ3v) is 6.18. The zero-order chi connectivity index (χ0) is 30.0. The second-order valence-corrected chi connectivity index (χ2v) is 10.5. The van der Waals surface area contributed by atoms with Crippen LogP contribution in [0.25, 0.3) is 10.9 Å². The number of alkyl carbamates (subject to hydrolysis) is 1. The molecule has 220 valence electrons. The number of amides is 3. The number of rotatable bonds is 12. The molecular formula is C30H38N4O7. The summed E-state index contributed by atoms with van der Waals surface area (Å²) >= 11 is 0. The fourth-order valence-corrected chi connectivity index (χ4v) is 4.20. The van der Waals surface area contributed by atoms with Crippen molar-refractivity contribution in [3.8, 4) is 5.75 Å². The number of methoxy groups -OCH3 is 2. The maximum atomic E-state index is 13.1. The molecule has 1 aromatic heterocycles. The average Bonchev–Trinajstić information content (AvgIpc) is 3.34. The van der Waals surface area contributed by atoms with Gasteiger partial charge in [-0.2, -0.15) is 0 Å². The van der Waals surface area contributed by atoms with Crippen molar-refractivity contribution in [2.75, 3.05) is 20.8 Å². The number of carbonyl (C=O) groups excluding carboxylic acids is 4. The van der Waals surface area contributed by atoms with Gasteiger partial charge in [-0.3, -0.25) is 9.59 Å². The van der Waals surface area contributed by atoms with E-state index in [-0.39, 0.29) is 25.8 Å². The summed E-state index contributed by atoms with van der Waals surface area (Å²) in [7, 11) is 2.82. The van der Waals surface area contributed by atoms with Gasteiger partial charge >= 0.3 is 12.1 Å². The lowest BCUT2D eigenvalue weighted by Gasteiger charge is -2.23. The Bertz CT molecular complexity index is 1340. The molecule has 11 heteroatoms. The number of aromatic amines is 1. The van der Waals surface area contributed by atoms with Crippen LogP contribution in [0.2, 0.25) is 0 Å². The second-order valence-electron chi connectivity index (χ2n) is 10.5. The standard InChI is InChI=1S/C30H38N4O7/c1-30(2,3)41-29(38)34-24(16-19-10-12-21(39-4)13-11-19)27(36)31-15-14-26(35)33-25(28(37)40-5)17-20-18-32-23-9-7-6-8-22(20)23/h6-13,18,24-25,32H,14-17H2,1-5H3,(H,31,36)(H,33,35)(H,34,38)/t24-,25-/m0/s1. The van der Waals surface area contributed by atoms with Gasteiger partial charge in [0.2, 0.25) is 11.8 Å². The van der Waals surface area contributed by atoms with Crippen molar-refractivity contribution in [3.05, 3.63) is 65.9 Å². The zero-order valence-corrected chi connectivity index (χ0v) is 24.0. The summed E-state index contributed by atoms with van der Waals surface area (Å²) in [6, 6.07) is 12.9. The van der Waals surface area contributed by atoms with E-state index in [1.807, 2.05) is 24.3 Å². The summed E-state index contributed by atoms with van der Waals surface area (Å²) in [5.41, 5.74) is 1.83. The molecule has 3 aromatic rings. The van der Waals surface area contributed by atoms with E-state index < -0.39 is 41.6 Å². The van der Waals surface area contributed by atoms with Crippen LogP contribution in [-0.4, -0.2) is 67.3 Å². The monoisotopic (exact) mass is 566 g/mol. The number of fused-ring (bicyclic) bond motifs is 1. The van der Waals surface area contributed by atoms with Gasteiger partial charge in [0.15, 0.2) is 0 Å². The van der Waals surface area contributed by atoms with Crippen molar-refractivity contribution in [1.82, 2.24) is 20.9 Å². The first-order valence-electron chi connectivity index (χ1n) is 13.3. The Morgan fingerprint density at radius 1 is 0.902 bits per heavy atom. The van der Waals surface area contributed by atoms with Crippen LogP contribution in [0.15, 0.2) is 54.7 Å². The van der Waals surface area contributed by atoms with Crippen LogP contribution in [0.5, 0.6) is 5.75 Å². The molecule has 41 heavy (non-hydrogen) atoms. The quantitative estimate of drug-likeness (QED) is 0.246. The van der Waals surface area contributed by atoms with Crippen LogP contribution < -0.4 is 20.7 Å². The second kappa shape index (κ2) is 14.2. The number of nitrogens with one attached hydrogen (secondary N) is 4. The molecule has 2 atom stereocenters. The molecule has 3 rings (SSSR count). The molecule has 0 aliphatic heterocycles. The maximum absolute atomic E-state index is 13.1. The van der Waals surface area contributed by atoms with Crippen molar-refractivity contribution < 1.29 is 33.4 Å². The minimum absolute atomic E-state index is 0.0131. The highest BCUT2D eigenvalue weighted by Gasteiger charge is 2.26. The molecule has 0 fully saturated rings. The summed E-state index contributed by atoms with van der Waals surface area (Å²) in [5.74, 6) is -0.834. The first-order chi connectivity index (χ1) is 19.5. The van der Waals surface area contributed by atoms with Gasteiger partial charge in [0.1, 0.15) is 23.4 Å². The third kappa shape index (κ3) is 9.55. The van der Waals surface area contributed by atoms with Crippen molar-refractivity contribution in [2.45, 2.75) is 57.7 Å². The molecule has 0 aliphatic carbocycles. The molecule has 2 aromatic carbocycles. The van der Waals surface area contributed by atoms with Crippen molar-refractivity contribution in [3.63, 3.8) is 0 Å². The molecule has 3 amide bonds. The van der Waals surface area contributed by atoms with Gasteiger partial charge in [0.05, 0.1) is 14.2 Å². The predicted molar refractivity (Wildman–Crippen MR) is 153 cm³/mol. The number of carbonyl (C=O) groups is 4. The fraction of sp³-hybridized carbons (Fsp3) is 0.400. The van der Waals surface area contributed by atoms with E-state index in [1.54, 1.807) is 58.3 Å². The van der Waals surface area contributed by atoms with Crippen LogP contribution in [0, 0.1) is 0 Å². The van der Waals surface area contributed by atoms with Gasteiger partial charge < -0.3 is 35.1 Å². The van der Waals surface area contributed by atoms with Crippen LogP contribution in [0.1, 0.15) is 38.3 Å². The number of para-hydroxylation sites is 1. The van der Waals surface area contributed by atoms with E-state index in [2.05, 4.69) is 20.9 Å². The first kappa shape index (κ1) is 31.0. The number of esters is 1. The number of benzene rings is 2. The molecular weight excluding hydrogens is 528 g/mol. The summed E-state index contributed by atoms with van der Waals surface area (Å²) in [4.78, 5) is 53.8. The summed E-state index contributed by atoms with van der Waals surface area (Å²) in [6.07, 6.45) is 1.40. The van der Waals surface area contributed by atoms with E-state index in [9.17, 15) is 19.2 Å². The van der Waals surface area contributed by atoms with E-state index >= 15 is 0 Å². The molecule has 0 bridgehead atoms. The number of ether oxygens (including phenoxy) is 3. The molecule has 0 unspecified atom stereocenters. The summed E-state index contributed by atoms with van der Waals surface area (Å²) in [5, 5.41) is 8.96. The molecule has 4 N–H and O–H groups in total. The van der Waals surface area contributed by atoms with Crippen LogP contribution >= 0.6 is 0 Å².